The fourth-order valence-electron chi connectivity index (χ4n) is 3.72. The van der Waals surface area contributed by atoms with Crippen molar-refractivity contribution in [3.63, 3.8) is 0 Å². The predicted molar refractivity (Wildman–Crippen MR) is 107 cm³/mol. The first-order valence-corrected chi connectivity index (χ1v) is 9.47. The van der Waals surface area contributed by atoms with Gasteiger partial charge in [-0.15, -0.1) is 0 Å². The van der Waals surface area contributed by atoms with Gasteiger partial charge in [-0.3, -0.25) is 14.6 Å². The summed E-state index contributed by atoms with van der Waals surface area (Å²) in [5.74, 6) is 0.605. The molecule has 28 heavy (non-hydrogen) atoms. The van der Waals surface area contributed by atoms with Gasteiger partial charge in [0.05, 0.1) is 18.2 Å². The fourth-order valence-corrected chi connectivity index (χ4v) is 3.72. The van der Waals surface area contributed by atoms with Crippen LogP contribution >= 0.6 is 0 Å². The lowest BCUT2D eigenvalue weighted by Gasteiger charge is -2.24. The van der Waals surface area contributed by atoms with Crippen LogP contribution in [0.25, 0.3) is 11.3 Å². The maximum absolute atomic E-state index is 13.0. The Morgan fingerprint density at radius 2 is 2.11 bits per heavy atom. The van der Waals surface area contributed by atoms with Crippen LogP contribution in [0, 0.1) is 6.92 Å². The summed E-state index contributed by atoms with van der Waals surface area (Å²) in [5.41, 5.74) is 3.28. The van der Waals surface area contributed by atoms with E-state index in [1.54, 1.807) is 12.4 Å². The van der Waals surface area contributed by atoms with Crippen LogP contribution in [0.3, 0.4) is 0 Å². The van der Waals surface area contributed by atoms with Crippen LogP contribution < -0.4 is 5.56 Å². The molecule has 1 aliphatic rings. The molecule has 1 saturated heterocycles. The number of likely N-dealkylation sites (tertiary alicyclic amines) is 1. The summed E-state index contributed by atoms with van der Waals surface area (Å²) in [7, 11) is 0. The topological polar surface area (TPSA) is 79.0 Å². The van der Waals surface area contributed by atoms with Crippen molar-refractivity contribution in [2.75, 3.05) is 6.54 Å². The molecular weight excluding hydrogens is 352 g/mol. The van der Waals surface area contributed by atoms with E-state index in [1.807, 2.05) is 48.2 Å². The molecule has 1 atom stereocenters. The van der Waals surface area contributed by atoms with Gasteiger partial charge in [0.1, 0.15) is 5.82 Å². The Kier molecular flexibility index (Phi) is 5.02. The van der Waals surface area contributed by atoms with E-state index < -0.39 is 0 Å². The average Bonchev–Trinajstić information content (AvgIpc) is 3.20. The Bertz CT molecular complexity index is 1050. The molecule has 4 rings (SSSR count). The van der Waals surface area contributed by atoms with E-state index in [-0.39, 0.29) is 17.5 Å². The zero-order valence-corrected chi connectivity index (χ0v) is 15.8. The van der Waals surface area contributed by atoms with E-state index >= 15 is 0 Å². The van der Waals surface area contributed by atoms with Gasteiger partial charge in [0.2, 0.25) is 5.91 Å². The number of nitrogens with one attached hydrogen (secondary N) is 1. The molecule has 6 heteroatoms. The largest absolute Gasteiger partial charge is 0.332 e. The standard InChI is InChI=1S/C22H22N4O2/c1-15-6-2-3-7-16(15)12-21(28)26-11-5-9-19(26)22-24-18(13-20(27)25-22)17-8-4-10-23-14-17/h2-4,6-8,10,13-14,19H,5,9,11-12H2,1H3,(H,24,25,27)/t19-/m0/s1. The molecule has 2 aromatic heterocycles. The molecule has 1 aliphatic heterocycles. The maximum Gasteiger partial charge on any atom is 0.251 e. The highest BCUT2D eigenvalue weighted by molar-refractivity contribution is 5.79. The van der Waals surface area contributed by atoms with E-state index in [1.165, 1.54) is 6.07 Å². The second kappa shape index (κ2) is 7.76. The number of carbonyl (C=O) groups excluding carboxylic acids is 1. The highest BCUT2D eigenvalue weighted by Crippen LogP contribution is 2.31. The molecule has 3 aromatic rings. The van der Waals surface area contributed by atoms with Crippen molar-refractivity contribution in [1.29, 1.82) is 0 Å². The summed E-state index contributed by atoms with van der Waals surface area (Å²) in [4.78, 5) is 38.7. The number of aromatic nitrogens is 3. The van der Waals surface area contributed by atoms with Gasteiger partial charge in [-0.05, 0) is 43.0 Å². The zero-order chi connectivity index (χ0) is 19.5. The van der Waals surface area contributed by atoms with Gasteiger partial charge in [-0.1, -0.05) is 24.3 Å². The van der Waals surface area contributed by atoms with Gasteiger partial charge < -0.3 is 9.88 Å². The second-order valence-electron chi connectivity index (χ2n) is 7.11. The smallest absolute Gasteiger partial charge is 0.251 e. The number of H-pyrrole nitrogens is 1. The van der Waals surface area contributed by atoms with Crippen molar-refractivity contribution >= 4 is 5.91 Å². The van der Waals surface area contributed by atoms with Crippen LogP contribution in [0.2, 0.25) is 0 Å². The Labute approximate surface area is 163 Å². The van der Waals surface area contributed by atoms with E-state index in [0.29, 0.717) is 24.5 Å². The Balaban J connectivity index is 1.62. The van der Waals surface area contributed by atoms with Crippen molar-refractivity contribution in [2.24, 2.45) is 0 Å². The van der Waals surface area contributed by atoms with E-state index in [9.17, 15) is 9.59 Å². The van der Waals surface area contributed by atoms with Crippen LogP contribution in [0.5, 0.6) is 0 Å². The van der Waals surface area contributed by atoms with E-state index in [0.717, 1.165) is 29.5 Å². The summed E-state index contributed by atoms with van der Waals surface area (Å²) in [6.07, 6.45) is 5.40. The molecule has 0 spiro atoms. The molecule has 0 bridgehead atoms. The van der Waals surface area contributed by atoms with Crippen LogP contribution in [0.4, 0.5) is 0 Å². The van der Waals surface area contributed by atoms with Gasteiger partial charge in [0.25, 0.3) is 5.56 Å². The van der Waals surface area contributed by atoms with E-state index in [2.05, 4.69) is 15.0 Å². The molecule has 0 radical (unpaired) electrons. The van der Waals surface area contributed by atoms with Crippen LogP contribution in [0.15, 0.2) is 59.7 Å². The first kappa shape index (κ1) is 18.1. The van der Waals surface area contributed by atoms with Crippen LogP contribution in [-0.2, 0) is 11.2 Å². The number of aryl methyl sites for hydroxylation is 1. The molecular formula is C22H22N4O2. The average molecular weight is 374 g/mol. The third-order valence-electron chi connectivity index (χ3n) is 5.21. The first-order chi connectivity index (χ1) is 13.6. The Morgan fingerprint density at radius 3 is 2.89 bits per heavy atom. The normalized spacial score (nSPS) is 16.3. The Hall–Kier alpha value is -3.28. The summed E-state index contributed by atoms with van der Waals surface area (Å²) >= 11 is 0. The number of hydrogen-bond acceptors (Lipinski definition) is 4. The van der Waals surface area contributed by atoms with Crippen molar-refractivity contribution in [2.45, 2.75) is 32.2 Å². The molecule has 142 valence electrons. The fraction of sp³-hybridized carbons (Fsp3) is 0.273. The lowest BCUT2D eigenvalue weighted by Crippen LogP contribution is -2.33. The molecule has 1 fully saturated rings. The lowest BCUT2D eigenvalue weighted by molar-refractivity contribution is -0.131. The Morgan fingerprint density at radius 1 is 1.25 bits per heavy atom. The summed E-state index contributed by atoms with van der Waals surface area (Å²) in [5, 5.41) is 0. The molecule has 3 heterocycles. The molecule has 1 aromatic carbocycles. The molecule has 1 amide bonds. The summed E-state index contributed by atoms with van der Waals surface area (Å²) in [6.45, 7) is 2.69. The number of pyridine rings is 1. The molecule has 0 unspecified atom stereocenters. The summed E-state index contributed by atoms with van der Waals surface area (Å²) < 4.78 is 0. The molecule has 6 nitrogen and oxygen atoms in total. The minimum atomic E-state index is -0.220. The van der Waals surface area contributed by atoms with Crippen molar-refractivity contribution in [3.8, 4) is 11.3 Å². The van der Waals surface area contributed by atoms with Crippen LogP contribution in [-0.4, -0.2) is 32.3 Å². The van der Waals surface area contributed by atoms with E-state index in [4.69, 9.17) is 0 Å². The SMILES string of the molecule is Cc1ccccc1CC(=O)N1CCC[C@H]1c1nc(-c2cccnc2)cc(=O)[nH]1. The quantitative estimate of drug-likeness (QED) is 0.761. The number of rotatable bonds is 4. The van der Waals surface area contributed by atoms with Crippen LogP contribution in [0.1, 0.15) is 35.8 Å². The zero-order valence-electron chi connectivity index (χ0n) is 15.8. The molecule has 0 aliphatic carbocycles. The number of hydrogen-bond donors (Lipinski definition) is 1. The van der Waals surface area contributed by atoms with Gasteiger partial charge in [-0.2, -0.15) is 0 Å². The van der Waals surface area contributed by atoms with Gasteiger partial charge in [-0.25, -0.2) is 4.98 Å². The predicted octanol–water partition coefficient (Wildman–Crippen LogP) is 3.05. The summed E-state index contributed by atoms with van der Waals surface area (Å²) in [6, 6.07) is 12.9. The second-order valence-corrected chi connectivity index (χ2v) is 7.11. The highest BCUT2D eigenvalue weighted by Gasteiger charge is 2.32. The first-order valence-electron chi connectivity index (χ1n) is 9.47. The van der Waals surface area contributed by atoms with Gasteiger partial charge in [0, 0.05) is 30.6 Å². The minimum absolute atomic E-state index is 0.0613. The minimum Gasteiger partial charge on any atom is -0.332 e. The van der Waals surface area contributed by atoms with Crippen molar-refractivity contribution < 1.29 is 4.79 Å². The van der Waals surface area contributed by atoms with Crippen molar-refractivity contribution in [1.82, 2.24) is 19.9 Å². The monoisotopic (exact) mass is 374 g/mol. The van der Waals surface area contributed by atoms with Gasteiger partial charge >= 0.3 is 0 Å². The number of carbonyl (C=O) groups is 1. The molecule has 0 saturated carbocycles. The third kappa shape index (κ3) is 3.71. The number of amides is 1. The highest BCUT2D eigenvalue weighted by atomic mass is 16.2. The third-order valence-corrected chi connectivity index (χ3v) is 5.21. The lowest BCUT2D eigenvalue weighted by atomic mass is 10.0. The van der Waals surface area contributed by atoms with Gasteiger partial charge in [0.15, 0.2) is 0 Å². The number of nitrogens with zero attached hydrogens (tertiary/aromatic N) is 3. The number of benzene rings is 1. The number of aromatic amines is 1. The van der Waals surface area contributed by atoms with Crippen molar-refractivity contribution in [3.05, 3.63) is 82.2 Å². The molecule has 1 N–H and O–H groups in total. The maximum atomic E-state index is 13.0.